The van der Waals surface area contributed by atoms with E-state index in [1.807, 2.05) is 0 Å². The third-order valence-electron chi connectivity index (χ3n) is 3.40. The van der Waals surface area contributed by atoms with Gasteiger partial charge in [0, 0.05) is 5.69 Å². The van der Waals surface area contributed by atoms with E-state index < -0.39 is 5.97 Å². The maximum Gasteiger partial charge on any atom is 0.343 e. The van der Waals surface area contributed by atoms with E-state index in [1.165, 1.54) is 13.4 Å². The van der Waals surface area contributed by atoms with Gasteiger partial charge in [0.1, 0.15) is 0 Å². The molecule has 1 heterocycles. The van der Waals surface area contributed by atoms with E-state index in [0.29, 0.717) is 22.7 Å². The van der Waals surface area contributed by atoms with Gasteiger partial charge in [0.25, 0.3) is 5.91 Å². The molecule has 126 valence electrons. The van der Waals surface area contributed by atoms with Gasteiger partial charge in [-0.15, -0.1) is 0 Å². The zero-order valence-electron chi connectivity index (χ0n) is 13.4. The molecule has 0 unspecified atom stereocenters. The summed E-state index contributed by atoms with van der Waals surface area (Å²) in [5, 5.41) is 2.67. The Morgan fingerprint density at radius 3 is 2.28 bits per heavy atom. The average molecular weight is 337 g/mol. The Kier molecular flexibility index (Phi) is 4.80. The molecule has 0 spiro atoms. The molecule has 0 bridgehead atoms. The number of furan rings is 1. The first kappa shape index (κ1) is 16.3. The van der Waals surface area contributed by atoms with Crippen molar-refractivity contribution >= 4 is 17.6 Å². The molecule has 3 aromatic rings. The van der Waals surface area contributed by atoms with Gasteiger partial charge in [-0.3, -0.25) is 4.79 Å². The molecule has 0 saturated heterocycles. The van der Waals surface area contributed by atoms with Crippen LogP contribution in [0, 0.1) is 0 Å². The highest BCUT2D eigenvalue weighted by Crippen LogP contribution is 2.26. The molecule has 1 N–H and O–H groups in total. The molecule has 0 aliphatic rings. The highest BCUT2D eigenvalue weighted by atomic mass is 16.6. The third-order valence-corrected chi connectivity index (χ3v) is 3.40. The van der Waals surface area contributed by atoms with Crippen LogP contribution in [0.2, 0.25) is 0 Å². The molecule has 2 aromatic carbocycles. The number of ether oxygens (including phenoxy) is 2. The van der Waals surface area contributed by atoms with Gasteiger partial charge in [0.2, 0.25) is 0 Å². The Morgan fingerprint density at radius 1 is 0.920 bits per heavy atom. The Balaban J connectivity index is 1.67. The fourth-order valence-corrected chi connectivity index (χ4v) is 2.15. The number of para-hydroxylation sites is 2. The maximum atomic E-state index is 12.2. The highest BCUT2D eigenvalue weighted by Gasteiger charge is 2.13. The van der Waals surface area contributed by atoms with Crippen LogP contribution < -0.4 is 14.8 Å². The van der Waals surface area contributed by atoms with E-state index in [9.17, 15) is 9.59 Å². The summed E-state index contributed by atoms with van der Waals surface area (Å²) in [6.07, 6.45) is 1.42. The van der Waals surface area contributed by atoms with Crippen molar-refractivity contribution in [3.8, 4) is 11.5 Å². The number of amides is 1. The number of benzene rings is 2. The van der Waals surface area contributed by atoms with E-state index in [-0.39, 0.29) is 11.7 Å². The second kappa shape index (κ2) is 7.35. The third kappa shape index (κ3) is 3.87. The smallest absolute Gasteiger partial charge is 0.343 e. The quantitative estimate of drug-likeness (QED) is 0.566. The molecule has 1 aromatic heterocycles. The average Bonchev–Trinajstić information content (AvgIpc) is 3.17. The number of nitrogens with one attached hydrogen (secondary N) is 1. The number of carbonyl (C=O) groups excluding carboxylic acids is 2. The summed E-state index contributed by atoms with van der Waals surface area (Å²) in [6, 6.07) is 16.4. The summed E-state index contributed by atoms with van der Waals surface area (Å²) in [5.74, 6) is 0.130. The van der Waals surface area contributed by atoms with Crippen LogP contribution in [0.3, 0.4) is 0 Å². The molecule has 0 atom stereocenters. The fraction of sp³-hybridized carbons (Fsp3) is 0.0526. The number of rotatable bonds is 5. The Bertz CT molecular complexity index is 869. The van der Waals surface area contributed by atoms with E-state index in [1.54, 1.807) is 60.7 Å². The molecule has 0 aliphatic carbocycles. The minimum absolute atomic E-state index is 0.208. The molecular formula is C19H15NO5. The van der Waals surface area contributed by atoms with Gasteiger partial charge in [-0.05, 0) is 48.5 Å². The van der Waals surface area contributed by atoms with Gasteiger partial charge in [-0.25, -0.2) is 4.79 Å². The van der Waals surface area contributed by atoms with Crippen molar-refractivity contribution in [1.82, 2.24) is 0 Å². The minimum Gasteiger partial charge on any atom is -0.493 e. The van der Waals surface area contributed by atoms with E-state index in [4.69, 9.17) is 13.9 Å². The molecule has 3 rings (SSSR count). The van der Waals surface area contributed by atoms with Gasteiger partial charge in [0.15, 0.2) is 17.3 Å². The lowest BCUT2D eigenvalue weighted by molar-refractivity contribution is 0.0729. The molecule has 25 heavy (non-hydrogen) atoms. The number of methoxy groups -OCH3 is 1. The second-order valence-electron chi connectivity index (χ2n) is 5.05. The maximum absolute atomic E-state index is 12.2. The van der Waals surface area contributed by atoms with Crippen molar-refractivity contribution in [2.45, 2.75) is 0 Å². The second-order valence-corrected chi connectivity index (χ2v) is 5.05. The Morgan fingerprint density at radius 2 is 1.64 bits per heavy atom. The molecule has 0 fully saturated rings. The van der Waals surface area contributed by atoms with Gasteiger partial charge >= 0.3 is 5.97 Å². The van der Waals surface area contributed by atoms with E-state index in [0.717, 1.165) is 0 Å². The summed E-state index contributed by atoms with van der Waals surface area (Å²) in [6.45, 7) is 0. The lowest BCUT2D eigenvalue weighted by Gasteiger charge is -2.09. The summed E-state index contributed by atoms with van der Waals surface area (Å²) in [7, 11) is 1.50. The van der Waals surface area contributed by atoms with Crippen molar-refractivity contribution < 1.29 is 23.5 Å². The van der Waals surface area contributed by atoms with Crippen LogP contribution in [-0.2, 0) is 0 Å². The Labute approximate surface area is 144 Å². The monoisotopic (exact) mass is 337 g/mol. The van der Waals surface area contributed by atoms with E-state index >= 15 is 0 Å². The minimum atomic E-state index is -0.520. The van der Waals surface area contributed by atoms with Crippen LogP contribution in [0.15, 0.2) is 71.3 Å². The zero-order valence-corrected chi connectivity index (χ0v) is 13.4. The van der Waals surface area contributed by atoms with Crippen molar-refractivity contribution in [3.63, 3.8) is 0 Å². The number of esters is 1. The SMILES string of the molecule is COc1ccccc1OC(=O)c1ccc(NC(=O)c2ccco2)cc1. The van der Waals surface area contributed by atoms with Crippen molar-refractivity contribution in [1.29, 1.82) is 0 Å². The summed E-state index contributed by atoms with van der Waals surface area (Å²) < 4.78 is 15.5. The zero-order chi connectivity index (χ0) is 17.6. The molecule has 6 heteroatoms. The number of hydrogen-bond donors (Lipinski definition) is 1. The van der Waals surface area contributed by atoms with Crippen LogP contribution in [0.4, 0.5) is 5.69 Å². The summed E-state index contributed by atoms with van der Waals surface area (Å²) in [4.78, 5) is 24.1. The van der Waals surface area contributed by atoms with Crippen molar-refractivity contribution in [2.24, 2.45) is 0 Å². The van der Waals surface area contributed by atoms with Crippen LogP contribution in [0.5, 0.6) is 11.5 Å². The Hall–Kier alpha value is -3.54. The fourth-order valence-electron chi connectivity index (χ4n) is 2.15. The van der Waals surface area contributed by atoms with Crippen LogP contribution >= 0.6 is 0 Å². The molecule has 1 amide bonds. The topological polar surface area (TPSA) is 77.8 Å². The lowest BCUT2D eigenvalue weighted by Crippen LogP contribution is -2.12. The first-order valence-corrected chi connectivity index (χ1v) is 7.47. The normalized spacial score (nSPS) is 10.1. The molecule has 0 aliphatic heterocycles. The molecule has 0 radical (unpaired) electrons. The van der Waals surface area contributed by atoms with Gasteiger partial charge < -0.3 is 19.2 Å². The highest BCUT2D eigenvalue weighted by molar-refractivity contribution is 6.02. The van der Waals surface area contributed by atoms with Crippen molar-refractivity contribution in [3.05, 3.63) is 78.3 Å². The predicted molar refractivity (Wildman–Crippen MR) is 91.1 cm³/mol. The standard InChI is InChI=1S/C19H15NO5/c1-23-15-5-2-3-6-16(15)25-19(22)13-8-10-14(11-9-13)20-18(21)17-7-4-12-24-17/h2-12H,1H3,(H,20,21). The number of carbonyl (C=O) groups is 2. The van der Waals surface area contributed by atoms with Gasteiger partial charge in [-0.2, -0.15) is 0 Å². The summed E-state index contributed by atoms with van der Waals surface area (Å²) in [5.41, 5.74) is 0.886. The van der Waals surface area contributed by atoms with Crippen LogP contribution in [0.25, 0.3) is 0 Å². The van der Waals surface area contributed by atoms with Crippen molar-refractivity contribution in [2.75, 3.05) is 12.4 Å². The number of hydrogen-bond acceptors (Lipinski definition) is 5. The van der Waals surface area contributed by atoms with Gasteiger partial charge in [-0.1, -0.05) is 12.1 Å². The number of anilines is 1. The van der Waals surface area contributed by atoms with Gasteiger partial charge in [0.05, 0.1) is 18.9 Å². The molecular weight excluding hydrogens is 322 g/mol. The molecule has 0 saturated carbocycles. The predicted octanol–water partition coefficient (Wildman–Crippen LogP) is 3.76. The first-order valence-electron chi connectivity index (χ1n) is 7.47. The largest absolute Gasteiger partial charge is 0.493 e. The lowest BCUT2D eigenvalue weighted by atomic mass is 10.2. The van der Waals surface area contributed by atoms with Crippen LogP contribution in [0.1, 0.15) is 20.9 Å². The summed E-state index contributed by atoms with van der Waals surface area (Å²) >= 11 is 0. The van der Waals surface area contributed by atoms with Crippen LogP contribution in [-0.4, -0.2) is 19.0 Å². The van der Waals surface area contributed by atoms with E-state index in [2.05, 4.69) is 5.32 Å². The first-order chi connectivity index (χ1) is 12.2. The molecule has 6 nitrogen and oxygen atoms in total.